The van der Waals surface area contributed by atoms with Gasteiger partial charge < -0.3 is 9.84 Å². The predicted molar refractivity (Wildman–Crippen MR) is 62.4 cm³/mol. The number of carbonyl (C=O) groups is 1. The largest absolute Gasteiger partial charge is 0.478 e. The van der Waals surface area contributed by atoms with Crippen LogP contribution < -0.4 is 4.74 Å². The van der Waals surface area contributed by atoms with Crippen molar-refractivity contribution >= 4 is 5.97 Å². The fourth-order valence-corrected chi connectivity index (χ4v) is 1.47. The minimum absolute atomic E-state index is 0.198. The maximum atomic E-state index is 13.6. The van der Waals surface area contributed by atoms with Crippen LogP contribution in [0.2, 0.25) is 0 Å². The molecule has 98 valence electrons. The summed E-state index contributed by atoms with van der Waals surface area (Å²) in [4.78, 5) is 14.6. The van der Waals surface area contributed by atoms with Gasteiger partial charge >= 0.3 is 5.97 Å². The van der Waals surface area contributed by atoms with Gasteiger partial charge in [-0.1, -0.05) is 0 Å². The Morgan fingerprint density at radius 3 is 2.47 bits per heavy atom. The molecule has 1 heterocycles. The van der Waals surface area contributed by atoms with Gasteiger partial charge in [-0.3, -0.25) is 4.98 Å². The van der Waals surface area contributed by atoms with Crippen LogP contribution in [0.15, 0.2) is 30.5 Å². The third-order valence-electron chi connectivity index (χ3n) is 2.42. The van der Waals surface area contributed by atoms with E-state index in [-0.39, 0.29) is 5.75 Å². The molecule has 0 bridgehead atoms. The lowest BCUT2D eigenvalue weighted by Gasteiger charge is -2.10. The molecule has 0 atom stereocenters. The Balaban J connectivity index is 2.42. The second-order valence-corrected chi connectivity index (χ2v) is 3.76. The lowest BCUT2D eigenvalue weighted by molar-refractivity contribution is 0.0695. The average molecular weight is 265 g/mol. The summed E-state index contributed by atoms with van der Waals surface area (Å²) in [6, 6.07) is 4.47. The zero-order valence-electron chi connectivity index (χ0n) is 9.85. The first-order valence-corrected chi connectivity index (χ1v) is 5.31. The lowest BCUT2D eigenvalue weighted by atomic mass is 10.2. The number of aryl methyl sites for hydroxylation is 1. The molecule has 2 aromatic rings. The van der Waals surface area contributed by atoms with E-state index in [1.54, 1.807) is 13.0 Å². The number of ether oxygens (including phenoxy) is 1. The van der Waals surface area contributed by atoms with Crippen molar-refractivity contribution in [3.05, 3.63) is 53.4 Å². The molecule has 0 aliphatic carbocycles. The smallest absolute Gasteiger partial charge is 0.335 e. The molecule has 4 nitrogen and oxygen atoms in total. The van der Waals surface area contributed by atoms with Gasteiger partial charge in [0.2, 0.25) is 0 Å². The van der Waals surface area contributed by atoms with E-state index in [0.29, 0.717) is 17.8 Å². The monoisotopic (exact) mass is 265 g/mol. The Hall–Kier alpha value is -2.50. The maximum Gasteiger partial charge on any atom is 0.335 e. The van der Waals surface area contributed by atoms with Gasteiger partial charge in [0, 0.05) is 6.20 Å². The summed E-state index contributed by atoms with van der Waals surface area (Å²) in [6.45, 7) is 1.62. The highest BCUT2D eigenvalue weighted by Crippen LogP contribution is 2.29. The van der Waals surface area contributed by atoms with Crippen LogP contribution in [0.3, 0.4) is 0 Å². The molecule has 0 unspecified atom stereocenters. The molecule has 1 N–H and O–H groups in total. The maximum absolute atomic E-state index is 13.6. The second-order valence-electron chi connectivity index (χ2n) is 3.76. The summed E-state index contributed by atoms with van der Waals surface area (Å²) in [6.07, 6.45) is 1.52. The van der Waals surface area contributed by atoms with Crippen molar-refractivity contribution in [3.8, 4) is 11.5 Å². The van der Waals surface area contributed by atoms with Crippen molar-refractivity contribution < 1.29 is 23.4 Å². The third kappa shape index (κ3) is 2.67. The Morgan fingerprint density at radius 1 is 1.32 bits per heavy atom. The van der Waals surface area contributed by atoms with E-state index in [1.165, 1.54) is 12.3 Å². The molecule has 0 saturated carbocycles. The van der Waals surface area contributed by atoms with E-state index in [2.05, 4.69) is 4.98 Å². The summed E-state index contributed by atoms with van der Waals surface area (Å²) in [5, 5.41) is 8.67. The number of hydrogen-bond donors (Lipinski definition) is 1. The van der Waals surface area contributed by atoms with Crippen LogP contribution in [0, 0.1) is 18.6 Å². The van der Waals surface area contributed by atoms with Crippen molar-refractivity contribution in [2.75, 3.05) is 0 Å². The number of carboxylic acids is 1. The van der Waals surface area contributed by atoms with Gasteiger partial charge in [-0.25, -0.2) is 13.6 Å². The van der Waals surface area contributed by atoms with Crippen molar-refractivity contribution in [2.24, 2.45) is 0 Å². The average Bonchev–Trinajstić information content (AvgIpc) is 2.35. The van der Waals surface area contributed by atoms with E-state index < -0.39 is 28.9 Å². The van der Waals surface area contributed by atoms with E-state index in [9.17, 15) is 13.6 Å². The molecular weight excluding hydrogens is 256 g/mol. The van der Waals surface area contributed by atoms with Crippen LogP contribution in [0.1, 0.15) is 16.1 Å². The fourth-order valence-electron chi connectivity index (χ4n) is 1.47. The SMILES string of the molecule is Cc1ncccc1Oc1c(F)cc(C(=O)O)cc1F. The molecule has 0 aliphatic rings. The van der Waals surface area contributed by atoms with E-state index in [1.807, 2.05) is 0 Å². The first kappa shape index (κ1) is 12.9. The molecule has 2 rings (SSSR count). The number of halogens is 2. The minimum atomic E-state index is -1.41. The summed E-state index contributed by atoms with van der Waals surface area (Å²) < 4.78 is 32.4. The molecular formula is C13H9F2NO3. The minimum Gasteiger partial charge on any atom is -0.478 e. The number of benzene rings is 1. The van der Waals surface area contributed by atoms with Crippen LogP contribution >= 0.6 is 0 Å². The van der Waals surface area contributed by atoms with Crippen molar-refractivity contribution in [1.29, 1.82) is 0 Å². The number of aromatic carboxylic acids is 1. The molecule has 0 radical (unpaired) electrons. The Bertz CT molecular complexity index is 621. The van der Waals surface area contributed by atoms with E-state index in [4.69, 9.17) is 9.84 Å². The van der Waals surface area contributed by atoms with Crippen LogP contribution in [0.25, 0.3) is 0 Å². The molecule has 0 spiro atoms. The number of carboxylic acid groups (broad SMARTS) is 1. The number of pyridine rings is 1. The number of rotatable bonds is 3. The highest BCUT2D eigenvalue weighted by Gasteiger charge is 2.17. The van der Waals surface area contributed by atoms with Crippen molar-refractivity contribution in [2.45, 2.75) is 6.92 Å². The van der Waals surface area contributed by atoms with Crippen molar-refractivity contribution in [3.63, 3.8) is 0 Å². The highest BCUT2D eigenvalue weighted by atomic mass is 19.1. The molecule has 1 aromatic carbocycles. The Morgan fingerprint density at radius 2 is 1.95 bits per heavy atom. The topological polar surface area (TPSA) is 59.4 Å². The third-order valence-corrected chi connectivity index (χ3v) is 2.42. The number of aromatic nitrogens is 1. The summed E-state index contributed by atoms with van der Waals surface area (Å²) in [7, 11) is 0. The van der Waals surface area contributed by atoms with Crippen LogP contribution in [0.5, 0.6) is 11.5 Å². The zero-order valence-corrected chi connectivity index (χ0v) is 9.85. The highest BCUT2D eigenvalue weighted by molar-refractivity contribution is 5.87. The predicted octanol–water partition coefficient (Wildman–Crippen LogP) is 3.16. The molecule has 0 fully saturated rings. The van der Waals surface area contributed by atoms with E-state index in [0.717, 1.165) is 0 Å². The fraction of sp³-hybridized carbons (Fsp3) is 0.0769. The summed E-state index contributed by atoms with van der Waals surface area (Å²) in [5.41, 5.74) is -0.0196. The molecule has 0 amide bonds. The normalized spacial score (nSPS) is 10.3. The van der Waals surface area contributed by atoms with Gasteiger partial charge in [0.25, 0.3) is 0 Å². The van der Waals surface area contributed by atoms with Gasteiger partial charge in [-0.2, -0.15) is 0 Å². The summed E-state index contributed by atoms with van der Waals surface area (Å²) in [5.74, 6) is -4.03. The molecule has 1 aromatic heterocycles. The first-order valence-electron chi connectivity index (χ1n) is 5.31. The van der Waals surface area contributed by atoms with Gasteiger partial charge in [-0.15, -0.1) is 0 Å². The zero-order chi connectivity index (χ0) is 14.0. The molecule has 0 saturated heterocycles. The van der Waals surface area contributed by atoms with Gasteiger partial charge in [-0.05, 0) is 31.2 Å². The lowest BCUT2D eigenvalue weighted by Crippen LogP contribution is -2.01. The molecule has 6 heteroatoms. The Kier molecular flexibility index (Phi) is 3.41. The standard InChI is InChI=1S/C13H9F2NO3/c1-7-11(3-2-4-16-7)19-12-9(14)5-8(13(17)18)6-10(12)15/h2-6H,1H3,(H,17,18). The van der Waals surface area contributed by atoms with Gasteiger partial charge in [0.1, 0.15) is 5.75 Å². The van der Waals surface area contributed by atoms with Crippen molar-refractivity contribution in [1.82, 2.24) is 4.98 Å². The molecule has 19 heavy (non-hydrogen) atoms. The summed E-state index contributed by atoms with van der Waals surface area (Å²) >= 11 is 0. The Labute approximate surface area is 107 Å². The molecule has 0 aliphatic heterocycles. The van der Waals surface area contributed by atoms with Gasteiger partial charge in [0.15, 0.2) is 17.4 Å². The van der Waals surface area contributed by atoms with Gasteiger partial charge in [0.05, 0.1) is 11.3 Å². The number of nitrogens with zero attached hydrogens (tertiary/aromatic N) is 1. The van der Waals surface area contributed by atoms with Crippen LogP contribution in [0.4, 0.5) is 8.78 Å². The quantitative estimate of drug-likeness (QED) is 0.926. The van der Waals surface area contributed by atoms with Crippen LogP contribution in [-0.2, 0) is 0 Å². The van der Waals surface area contributed by atoms with Crippen LogP contribution in [-0.4, -0.2) is 16.1 Å². The first-order chi connectivity index (χ1) is 8.99. The second kappa shape index (κ2) is 5.01. The number of hydrogen-bond acceptors (Lipinski definition) is 3. The van der Waals surface area contributed by atoms with E-state index >= 15 is 0 Å².